The summed E-state index contributed by atoms with van der Waals surface area (Å²) >= 11 is 0. The zero-order valence-corrected chi connectivity index (χ0v) is 52.8. The van der Waals surface area contributed by atoms with E-state index in [0.29, 0.717) is 107 Å². The summed E-state index contributed by atoms with van der Waals surface area (Å²) in [4.78, 5) is 91.5. The minimum Gasteiger partial charge on any atom is -0.466 e. The summed E-state index contributed by atoms with van der Waals surface area (Å²) < 4.78 is 68.9. The van der Waals surface area contributed by atoms with E-state index in [4.69, 9.17) is 61.1 Å². The van der Waals surface area contributed by atoms with E-state index in [2.05, 4.69) is 78.2 Å². The first-order chi connectivity index (χ1) is 41.5. The van der Waals surface area contributed by atoms with Crippen molar-refractivity contribution in [1.82, 2.24) is 29.1 Å². The Bertz CT molecular complexity index is 3330. The Morgan fingerprint density at radius 1 is 0.494 bits per heavy atom. The van der Waals surface area contributed by atoms with Gasteiger partial charge in [-0.1, -0.05) is 84.9 Å². The topological polar surface area (TPSA) is 320 Å². The first-order valence-electron chi connectivity index (χ1n) is 29.4. The Morgan fingerprint density at radius 2 is 0.920 bits per heavy atom. The zero-order chi connectivity index (χ0) is 63.9. The maximum Gasteiger partial charge on any atom is 0.332 e. The van der Waals surface area contributed by atoms with E-state index in [-0.39, 0.29) is 69.0 Å². The first kappa shape index (κ1) is 72.0. The molecule has 0 saturated heterocycles. The number of carbonyl (C=O) groups is 6. The molecule has 6 aromatic rings. The van der Waals surface area contributed by atoms with Crippen LogP contribution in [-0.2, 0) is 103 Å². The number of hydrogen-bond acceptors (Lipinski definition) is 21. The number of carbonyl (C=O) groups excluding carboxylic acids is 6. The highest BCUT2D eigenvalue weighted by atomic mass is 32.2. The summed E-state index contributed by atoms with van der Waals surface area (Å²) in [5.74, 6) is -0.143. The highest BCUT2D eigenvalue weighted by Crippen LogP contribution is 2.34. The van der Waals surface area contributed by atoms with Crippen LogP contribution in [0.25, 0.3) is 43.9 Å². The third-order valence-electron chi connectivity index (χ3n) is 12.3. The molecule has 26 heteroatoms. The van der Waals surface area contributed by atoms with Gasteiger partial charge in [-0.25, -0.2) is 29.5 Å². The van der Waals surface area contributed by atoms with Crippen molar-refractivity contribution in [2.24, 2.45) is 10.8 Å². The number of esters is 4. The van der Waals surface area contributed by atoms with Gasteiger partial charge in [-0.15, -0.1) is 0 Å². The molecule has 0 atom stereocenters. The van der Waals surface area contributed by atoms with Gasteiger partial charge < -0.3 is 57.7 Å². The van der Waals surface area contributed by atoms with Gasteiger partial charge in [0.1, 0.15) is 62.3 Å². The molecule has 0 unspecified atom stereocenters. The summed E-state index contributed by atoms with van der Waals surface area (Å²) in [5.41, 5.74) is 4.47. The van der Waals surface area contributed by atoms with Gasteiger partial charge in [0.05, 0.1) is 48.5 Å². The molecule has 0 spiro atoms. The van der Waals surface area contributed by atoms with Gasteiger partial charge in [0.25, 0.3) is 11.8 Å². The molecule has 3 N–H and O–H groups in total. The van der Waals surface area contributed by atoms with Crippen molar-refractivity contribution in [3.05, 3.63) is 60.2 Å². The van der Waals surface area contributed by atoms with E-state index in [1.165, 1.54) is 0 Å². The molecule has 2 aromatic carbocycles. The SMILES string of the molecule is CCOC(=O)CCCCCOC(=O)COCC(=O)Nc1nc2ccccc2c2c1nc(CC)n2CC(C)(C)C.CCOCCOC(=O)CCCCCOC(=O)COCC(=O)Nc1nc2ccccc2c2c1nc(COCC)n2CC(C)(C)C.N=S(=O)=O. The van der Waals surface area contributed by atoms with Gasteiger partial charge >= 0.3 is 34.4 Å². The number of para-hydroxylation sites is 2. The molecule has 2 amide bonds. The van der Waals surface area contributed by atoms with Crippen LogP contribution in [0.2, 0.25) is 0 Å². The molecule has 4 aromatic heterocycles. The minimum atomic E-state index is -2.61. The van der Waals surface area contributed by atoms with Crippen LogP contribution in [0, 0.1) is 15.6 Å². The molecular formula is C61H87N9O16S. The molecule has 4 heterocycles. The molecule has 0 aliphatic carbocycles. The smallest absolute Gasteiger partial charge is 0.332 e. The molecule has 0 radical (unpaired) electrons. The molecule has 25 nitrogen and oxygen atoms in total. The van der Waals surface area contributed by atoms with E-state index in [9.17, 15) is 28.8 Å². The number of unbranched alkanes of at least 4 members (excludes halogenated alkanes) is 4. The third kappa shape index (κ3) is 25.8. The largest absolute Gasteiger partial charge is 0.466 e. The number of anilines is 2. The molecule has 478 valence electrons. The molecule has 0 fully saturated rings. The van der Waals surface area contributed by atoms with E-state index in [1.807, 2.05) is 62.4 Å². The van der Waals surface area contributed by atoms with Crippen molar-refractivity contribution in [2.75, 3.05) is 83.3 Å². The van der Waals surface area contributed by atoms with Crippen LogP contribution in [0.1, 0.15) is 132 Å². The van der Waals surface area contributed by atoms with Crippen LogP contribution >= 0.6 is 0 Å². The number of nitrogens with zero attached hydrogens (tertiary/aromatic N) is 6. The van der Waals surface area contributed by atoms with Gasteiger partial charge in [-0.3, -0.25) is 19.2 Å². The van der Waals surface area contributed by atoms with Crippen molar-refractivity contribution in [3.63, 3.8) is 0 Å². The van der Waals surface area contributed by atoms with Crippen LogP contribution in [0.5, 0.6) is 0 Å². The average molecular weight is 1230 g/mol. The maximum absolute atomic E-state index is 12.8. The predicted molar refractivity (Wildman–Crippen MR) is 327 cm³/mol. The van der Waals surface area contributed by atoms with E-state index in [1.54, 1.807) is 6.92 Å². The number of ether oxygens (including phenoxy) is 8. The monoisotopic (exact) mass is 1230 g/mol. The van der Waals surface area contributed by atoms with Crippen molar-refractivity contribution >= 4 is 102 Å². The highest BCUT2D eigenvalue weighted by molar-refractivity contribution is 7.60. The summed E-state index contributed by atoms with van der Waals surface area (Å²) in [5, 5.41) is 7.54. The van der Waals surface area contributed by atoms with E-state index in [0.717, 1.165) is 63.9 Å². The van der Waals surface area contributed by atoms with Crippen molar-refractivity contribution < 1.29 is 75.1 Å². The fourth-order valence-electron chi connectivity index (χ4n) is 8.81. The number of fused-ring (bicyclic) bond motifs is 6. The lowest BCUT2D eigenvalue weighted by Gasteiger charge is -2.21. The Morgan fingerprint density at radius 3 is 1.36 bits per heavy atom. The van der Waals surface area contributed by atoms with Crippen LogP contribution < -0.4 is 10.6 Å². The first-order valence-corrected chi connectivity index (χ1v) is 30.5. The molecule has 0 aliphatic heterocycles. The van der Waals surface area contributed by atoms with Gasteiger partial charge in [0.2, 0.25) is 0 Å². The fraction of sp³-hybridized carbons (Fsp3) is 0.574. The predicted octanol–water partition coefficient (Wildman–Crippen LogP) is 9.25. The van der Waals surface area contributed by atoms with Crippen LogP contribution in [-0.4, -0.2) is 146 Å². The number of benzene rings is 2. The maximum atomic E-state index is 12.8. The Balaban J connectivity index is 0.000000353. The number of hydrogen-bond donors (Lipinski definition) is 3. The lowest BCUT2D eigenvalue weighted by molar-refractivity contribution is -0.150. The summed E-state index contributed by atoms with van der Waals surface area (Å²) in [6, 6.07) is 15.5. The average Bonchev–Trinajstić information content (AvgIpc) is 1.76. The number of aromatic nitrogens is 6. The Hall–Kier alpha value is -7.52. The van der Waals surface area contributed by atoms with Crippen molar-refractivity contribution in [1.29, 1.82) is 4.78 Å². The quantitative estimate of drug-likeness (QED) is 0.0196. The fourth-order valence-corrected chi connectivity index (χ4v) is 8.81. The molecule has 87 heavy (non-hydrogen) atoms. The molecule has 0 bridgehead atoms. The lowest BCUT2D eigenvalue weighted by Crippen LogP contribution is -2.22. The normalized spacial score (nSPS) is 11.4. The number of rotatable bonds is 33. The molecule has 0 saturated carbocycles. The summed E-state index contributed by atoms with van der Waals surface area (Å²) in [6.07, 6.45) is 5.41. The van der Waals surface area contributed by atoms with Gasteiger partial charge in [0.15, 0.2) is 11.6 Å². The second-order valence-electron chi connectivity index (χ2n) is 22.3. The molecule has 6 rings (SSSR count). The second kappa shape index (κ2) is 37.2. The highest BCUT2D eigenvalue weighted by Gasteiger charge is 2.25. The lowest BCUT2D eigenvalue weighted by atomic mass is 9.96. The number of imidazole rings is 2. The van der Waals surface area contributed by atoms with Crippen LogP contribution in [0.15, 0.2) is 48.5 Å². The van der Waals surface area contributed by atoms with Crippen LogP contribution in [0.4, 0.5) is 11.6 Å². The van der Waals surface area contributed by atoms with Gasteiger partial charge in [0, 0.05) is 56.3 Å². The molecule has 0 aliphatic rings. The van der Waals surface area contributed by atoms with Crippen molar-refractivity contribution in [3.8, 4) is 0 Å². The van der Waals surface area contributed by atoms with Crippen LogP contribution in [0.3, 0.4) is 0 Å². The third-order valence-corrected chi connectivity index (χ3v) is 12.3. The van der Waals surface area contributed by atoms with Crippen molar-refractivity contribution in [2.45, 2.75) is 147 Å². The summed E-state index contributed by atoms with van der Waals surface area (Å²) in [7, 11) is -2.61. The number of aryl methyl sites for hydroxylation is 1. The van der Waals surface area contributed by atoms with Gasteiger partial charge in [-0.2, -0.15) is 13.2 Å². The number of amides is 2. The second-order valence-corrected chi connectivity index (χ2v) is 22.8. The van der Waals surface area contributed by atoms with E-state index < -0.39 is 34.3 Å². The zero-order valence-electron chi connectivity index (χ0n) is 52.0. The van der Waals surface area contributed by atoms with Gasteiger partial charge in [-0.05, 0) is 82.3 Å². The Labute approximate surface area is 509 Å². The summed E-state index contributed by atoms with van der Waals surface area (Å²) in [6.45, 7) is 23.6. The minimum absolute atomic E-state index is 0.0242. The number of nitrogens with one attached hydrogen (secondary N) is 3. The van der Waals surface area contributed by atoms with E-state index >= 15 is 0 Å². The number of pyridine rings is 2. The molecular weight excluding hydrogens is 1150 g/mol. The standard InChI is InChI=1S/C32H46N4O8.C29H40N4O6.HNO2S/c1-6-40-17-18-44-27(38)15-9-8-12-16-43-28(39)21-42-20-26(37)35-31-29-30(23-13-10-11-14-24(23)33-31)36(22-32(3,4)5)25(34-29)19-41-7-2;1-6-22-31-26-27(33(22)19-29(3,4)5)20-13-10-11-14-21(20)30-28(26)32-23(34)17-37-18-25(36)39-16-12-8-9-15-24(35)38-7-2;1-4(2)3/h10-11,13-14H,6-9,12,15-22H2,1-5H3,(H,33,35,37);10-11,13-14H,6-9,12,15-19H2,1-5H3,(H,30,32,34);1H. The Kier molecular flexibility index (Phi) is 30.8.